The number of unbranched alkanes of at least 4 members (excludes halogenated alkanes) is 26. The summed E-state index contributed by atoms with van der Waals surface area (Å²) in [6.45, 7) is 7.58. The van der Waals surface area contributed by atoms with Gasteiger partial charge in [0.05, 0.1) is 13.0 Å². The first-order valence-corrected chi connectivity index (χ1v) is 28.8. The van der Waals surface area contributed by atoms with E-state index in [1.54, 1.807) is 0 Å². The lowest BCUT2D eigenvalue weighted by Crippen LogP contribution is -2.29. The van der Waals surface area contributed by atoms with Gasteiger partial charge in [0.2, 0.25) is 0 Å². The third kappa shape index (κ3) is 55.4. The number of esters is 2. The minimum Gasteiger partial charge on any atom is -0.462 e. The maximum atomic E-state index is 12.8. The molecule has 0 aromatic rings. The van der Waals surface area contributed by atoms with Crippen molar-refractivity contribution in [2.24, 2.45) is 0 Å². The summed E-state index contributed by atoms with van der Waals surface area (Å²) in [7, 11) is 0. The summed E-state index contributed by atoms with van der Waals surface area (Å²) in [5, 5.41) is 0. The number of hydrogen-bond acceptors (Lipinski definition) is 5. The predicted octanol–water partition coefficient (Wildman–Crippen LogP) is 19.8. The summed E-state index contributed by atoms with van der Waals surface area (Å²) >= 11 is 0. The second kappa shape index (κ2) is 58.1. The molecule has 5 nitrogen and oxygen atoms in total. The molecule has 0 aromatic heterocycles. The molecule has 0 fully saturated rings. The van der Waals surface area contributed by atoms with Crippen LogP contribution in [0.3, 0.4) is 0 Å². The zero-order chi connectivity index (χ0) is 49.2. The van der Waals surface area contributed by atoms with Gasteiger partial charge in [-0.25, -0.2) is 0 Å². The van der Waals surface area contributed by atoms with Crippen LogP contribution in [0.5, 0.6) is 0 Å². The molecule has 0 bridgehead atoms. The van der Waals surface area contributed by atoms with Crippen LogP contribution in [0, 0.1) is 0 Å². The van der Waals surface area contributed by atoms with Crippen LogP contribution in [-0.2, 0) is 23.8 Å². The molecule has 68 heavy (non-hydrogen) atoms. The summed E-state index contributed by atoms with van der Waals surface area (Å²) in [6.07, 6.45) is 78.8. The van der Waals surface area contributed by atoms with Crippen molar-refractivity contribution in [3.05, 3.63) is 97.2 Å². The van der Waals surface area contributed by atoms with E-state index in [1.807, 2.05) is 12.2 Å². The second-order valence-electron chi connectivity index (χ2n) is 18.8. The molecule has 0 aliphatic rings. The monoisotopic (exact) mass is 945 g/mol. The van der Waals surface area contributed by atoms with Crippen molar-refractivity contribution in [2.75, 3.05) is 19.8 Å². The average molecular weight is 946 g/mol. The van der Waals surface area contributed by atoms with Gasteiger partial charge >= 0.3 is 11.9 Å². The SMILES string of the molecule is CC/C=C\C/C=C\C/C=C\C/C=C\C/C=C\CC(=O)OC(COCCCCCCCCCCCC/C=C\CCCCCCCC)COC(=O)CCCCCCCCC/C=C\C/C=C\CCCCC. The molecule has 0 spiro atoms. The van der Waals surface area contributed by atoms with E-state index in [9.17, 15) is 9.59 Å². The first-order chi connectivity index (χ1) is 33.6. The molecule has 0 radical (unpaired) electrons. The molecule has 0 aliphatic heterocycles. The summed E-state index contributed by atoms with van der Waals surface area (Å²) in [6, 6.07) is 0. The van der Waals surface area contributed by atoms with Gasteiger partial charge in [0.1, 0.15) is 6.61 Å². The van der Waals surface area contributed by atoms with Gasteiger partial charge in [0.15, 0.2) is 6.10 Å². The summed E-state index contributed by atoms with van der Waals surface area (Å²) in [5.74, 6) is -0.550. The Kier molecular flexibility index (Phi) is 55.4. The smallest absolute Gasteiger partial charge is 0.310 e. The maximum Gasteiger partial charge on any atom is 0.310 e. The molecule has 0 saturated heterocycles. The molecule has 1 atom stereocenters. The zero-order valence-corrected chi connectivity index (χ0v) is 44.8. The highest BCUT2D eigenvalue weighted by Gasteiger charge is 2.17. The fraction of sp³-hybridized carbons (Fsp3) is 0.714. The van der Waals surface area contributed by atoms with Crippen LogP contribution < -0.4 is 0 Å². The topological polar surface area (TPSA) is 61.8 Å². The number of hydrogen-bond donors (Lipinski definition) is 0. The lowest BCUT2D eigenvalue weighted by Gasteiger charge is -2.18. The molecule has 0 heterocycles. The molecule has 0 N–H and O–H groups in total. The first-order valence-electron chi connectivity index (χ1n) is 28.8. The standard InChI is InChI=1S/C63H108O5/c1-4-7-10-13-16-19-22-25-28-30-31-32-34-37-40-43-46-49-52-55-58-66-59-61(68-63(65)57-54-51-48-45-42-39-35-27-24-21-18-15-12-9-6-3)60-67-62(64)56-53-50-47-44-41-38-36-33-29-26-23-20-17-14-11-8-5-2/h9,12,17-18,20-21,25-29,35,42,45,51,54,61H,4-8,10-11,13-16,19,22-24,30-34,36-41,43-44,46-50,52-53,55-60H2,1-3H3/b12-9-,20-17-,21-18-,28-25-,29-26-,35-27-,45-42-,54-51-. The number of allylic oxidation sites excluding steroid dienone is 15. The van der Waals surface area contributed by atoms with Crippen LogP contribution in [0.25, 0.3) is 0 Å². The lowest BCUT2D eigenvalue weighted by atomic mass is 10.1. The Morgan fingerprint density at radius 2 is 0.706 bits per heavy atom. The van der Waals surface area contributed by atoms with Crippen LogP contribution in [-0.4, -0.2) is 37.9 Å². The highest BCUT2D eigenvalue weighted by Crippen LogP contribution is 2.14. The molecule has 0 rings (SSSR count). The Labute approximate surface area is 422 Å². The molecule has 0 aromatic carbocycles. The van der Waals surface area contributed by atoms with Crippen molar-refractivity contribution in [1.82, 2.24) is 0 Å². The van der Waals surface area contributed by atoms with E-state index < -0.39 is 6.10 Å². The van der Waals surface area contributed by atoms with Crippen LogP contribution in [0.2, 0.25) is 0 Å². The van der Waals surface area contributed by atoms with E-state index in [1.165, 1.54) is 161 Å². The van der Waals surface area contributed by atoms with Gasteiger partial charge in [0, 0.05) is 13.0 Å². The molecule has 5 heteroatoms. The minimum absolute atomic E-state index is 0.0376. The lowest BCUT2D eigenvalue weighted by molar-refractivity contribution is -0.162. The Balaban J connectivity index is 4.37. The molecule has 0 saturated carbocycles. The maximum absolute atomic E-state index is 12.8. The van der Waals surface area contributed by atoms with Crippen molar-refractivity contribution < 1.29 is 23.8 Å². The van der Waals surface area contributed by atoms with E-state index >= 15 is 0 Å². The fourth-order valence-corrected chi connectivity index (χ4v) is 7.85. The van der Waals surface area contributed by atoms with Gasteiger partial charge in [-0.2, -0.15) is 0 Å². The van der Waals surface area contributed by atoms with Crippen molar-refractivity contribution in [3.63, 3.8) is 0 Å². The summed E-state index contributed by atoms with van der Waals surface area (Å²) in [5.41, 5.74) is 0. The molecule has 0 aliphatic carbocycles. The molecule has 0 amide bonds. The van der Waals surface area contributed by atoms with E-state index in [2.05, 4.69) is 106 Å². The highest BCUT2D eigenvalue weighted by molar-refractivity contribution is 5.71. The number of carbonyl (C=O) groups is 2. The van der Waals surface area contributed by atoms with Crippen molar-refractivity contribution in [2.45, 2.75) is 271 Å². The molecule has 390 valence electrons. The van der Waals surface area contributed by atoms with E-state index in [0.717, 1.165) is 70.6 Å². The minimum atomic E-state index is -0.600. The normalized spacial score (nSPS) is 12.9. The van der Waals surface area contributed by atoms with Crippen molar-refractivity contribution in [3.8, 4) is 0 Å². The summed E-state index contributed by atoms with van der Waals surface area (Å²) in [4.78, 5) is 25.4. The Morgan fingerprint density at radius 3 is 1.18 bits per heavy atom. The predicted molar refractivity (Wildman–Crippen MR) is 297 cm³/mol. The Hall–Kier alpha value is -3.18. The summed E-state index contributed by atoms with van der Waals surface area (Å²) < 4.78 is 17.4. The average Bonchev–Trinajstić information content (AvgIpc) is 3.34. The molecular formula is C63H108O5. The van der Waals surface area contributed by atoms with Crippen LogP contribution in [0.4, 0.5) is 0 Å². The van der Waals surface area contributed by atoms with Gasteiger partial charge < -0.3 is 14.2 Å². The molecular weight excluding hydrogens is 837 g/mol. The van der Waals surface area contributed by atoms with E-state index in [-0.39, 0.29) is 31.6 Å². The van der Waals surface area contributed by atoms with Gasteiger partial charge in [-0.3, -0.25) is 9.59 Å². The third-order valence-electron chi connectivity index (χ3n) is 12.1. The van der Waals surface area contributed by atoms with Crippen LogP contribution >= 0.6 is 0 Å². The van der Waals surface area contributed by atoms with Crippen molar-refractivity contribution in [1.29, 1.82) is 0 Å². The van der Waals surface area contributed by atoms with Gasteiger partial charge in [-0.05, 0) is 103 Å². The van der Waals surface area contributed by atoms with Crippen LogP contribution in [0.15, 0.2) is 97.2 Å². The largest absolute Gasteiger partial charge is 0.462 e. The van der Waals surface area contributed by atoms with Crippen LogP contribution in [0.1, 0.15) is 265 Å². The Bertz CT molecular complexity index is 1300. The number of ether oxygens (including phenoxy) is 3. The third-order valence-corrected chi connectivity index (χ3v) is 12.1. The quantitative estimate of drug-likeness (QED) is 0.0345. The van der Waals surface area contributed by atoms with E-state index in [0.29, 0.717) is 13.0 Å². The second-order valence-corrected chi connectivity index (χ2v) is 18.8. The fourth-order valence-electron chi connectivity index (χ4n) is 7.85. The van der Waals surface area contributed by atoms with Gasteiger partial charge in [-0.1, -0.05) is 246 Å². The Morgan fingerprint density at radius 1 is 0.353 bits per heavy atom. The first kappa shape index (κ1) is 64.8. The highest BCUT2D eigenvalue weighted by atomic mass is 16.6. The number of rotatable bonds is 52. The number of carbonyl (C=O) groups excluding carboxylic acids is 2. The van der Waals surface area contributed by atoms with E-state index in [4.69, 9.17) is 14.2 Å². The van der Waals surface area contributed by atoms with Crippen molar-refractivity contribution >= 4 is 11.9 Å². The van der Waals surface area contributed by atoms with Gasteiger partial charge in [-0.15, -0.1) is 0 Å². The zero-order valence-electron chi connectivity index (χ0n) is 44.8. The van der Waals surface area contributed by atoms with Gasteiger partial charge in [0.25, 0.3) is 0 Å². The molecule has 1 unspecified atom stereocenters.